The van der Waals surface area contributed by atoms with Gasteiger partial charge in [0.05, 0.1) is 0 Å². The zero-order chi connectivity index (χ0) is 21.5. The predicted molar refractivity (Wildman–Crippen MR) is 115 cm³/mol. The summed E-state index contributed by atoms with van der Waals surface area (Å²) in [5.41, 5.74) is 0.813. The van der Waals surface area contributed by atoms with Crippen molar-refractivity contribution in [3.05, 3.63) is 69.5 Å². The number of nitrogens with zero attached hydrogens (tertiary/aromatic N) is 2. The first-order valence-electron chi connectivity index (χ1n) is 11.4. The van der Waals surface area contributed by atoms with Crippen LogP contribution in [0.5, 0.6) is 0 Å². The lowest BCUT2D eigenvalue weighted by molar-refractivity contribution is -0.0647. The molecule has 0 unspecified atom stereocenters. The quantitative estimate of drug-likeness (QED) is 0.755. The summed E-state index contributed by atoms with van der Waals surface area (Å²) in [5, 5.41) is 0. The van der Waals surface area contributed by atoms with Gasteiger partial charge in [-0.1, -0.05) is 18.6 Å². The lowest BCUT2D eigenvalue weighted by atomic mass is 9.71. The average Bonchev–Trinajstić information content (AvgIpc) is 2.75. The highest BCUT2D eigenvalue weighted by Gasteiger charge is 2.48. The highest BCUT2D eigenvalue weighted by Crippen LogP contribution is 2.42. The average molecular weight is 425 g/mol. The van der Waals surface area contributed by atoms with E-state index in [-0.39, 0.29) is 22.9 Å². The van der Waals surface area contributed by atoms with Gasteiger partial charge in [0, 0.05) is 37.3 Å². The van der Waals surface area contributed by atoms with Crippen LogP contribution in [0.1, 0.15) is 47.6 Å². The van der Waals surface area contributed by atoms with E-state index in [0.717, 1.165) is 31.4 Å². The molecule has 1 aromatic carbocycles. The molecular formula is C25H29FN2O3. The molecule has 2 bridgehead atoms. The Hall–Kier alpha value is -2.47. The zero-order valence-corrected chi connectivity index (χ0v) is 17.9. The number of benzene rings is 1. The van der Waals surface area contributed by atoms with Gasteiger partial charge in [0.2, 0.25) is 0 Å². The van der Waals surface area contributed by atoms with Crippen LogP contribution in [0.4, 0.5) is 4.39 Å². The van der Waals surface area contributed by atoms with Crippen molar-refractivity contribution in [2.45, 2.75) is 51.1 Å². The molecule has 0 aliphatic carbocycles. The normalized spacial score (nSPS) is 28.3. The van der Waals surface area contributed by atoms with Crippen molar-refractivity contribution in [2.75, 3.05) is 19.6 Å². The minimum atomic E-state index is -0.202. The van der Waals surface area contributed by atoms with Crippen LogP contribution in [-0.2, 0) is 6.42 Å². The van der Waals surface area contributed by atoms with Crippen molar-refractivity contribution < 1.29 is 13.6 Å². The Morgan fingerprint density at radius 1 is 1.16 bits per heavy atom. The summed E-state index contributed by atoms with van der Waals surface area (Å²) in [4.78, 5) is 29.7. The Kier molecular flexibility index (Phi) is 5.42. The smallest absolute Gasteiger partial charge is 0.289 e. The molecule has 0 N–H and O–H groups in total. The fourth-order valence-corrected chi connectivity index (χ4v) is 6.12. The summed E-state index contributed by atoms with van der Waals surface area (Å²) in [6.07, 6.45) is 5.47. The lowest BCUT2D eigenvalue weighted by Gasteiger charge is -2.56. The van der Waals surface area contributed by atoms with E-state index in [2.05, 4.69) is 4.90 Å². The van der Waals surface area contributed by atoms with Gasteiger partial charge in [-0.3, -0.25) is 14.5 Å². The molecule has 164 valence electrons. The molecule has 0 radical (unpaired) electrons. The number of piperidine rings is 3. The van der Waals surface area contributed by atoms with Crippen LogP contribution in [0.15, 0.2) is 45.6 Å². The molecule has 1 aromatic heterocycles. The van der Waals surface area contributed by atoms with E-state index in [1.165, 1.54) is 31.0 Å². The van der Waals surface area contributed by atoms with E-state index in [9.17, 15) is 14.0 Å². The van der Waals surface area contributed by atoms with Crippen LogP contribution >= 0.6 is 0 Å². The second kappa shape index (κ2) is 8.23. The number of fused-ring (bicyclic) bond motifs is 4. The van der Waals surface area contributed by atoms with Gasteiger partial charge < -0.3 is 9.32 Å². The van der Waals surface area contributed by atoms with E-state index in [4.69, 9.17) is 4.42 Å². The van der Waals surface area contributed by atoms with Crippen LogP contribution in [0.3, 0.4) is 0 Å². The van der Waals surface area contributed by atoms with Crippen LogP contribution in [-0.4, -0.2) is 47.4 Å². The van der Waals surface area contributed by atoms with Crippen molar-refractivity contribution >= 4 is 5.91 Å². The number of hydrogen-bond acceptors (Lipinski definition) is 4. The van der Waals surface area contributed by atoms with Gasteiger partial charge in [0.1, 0.15) is 11.6 Å². The summed E-state index contributed by atoms with van der Waals surface area (Å²) < 4.78 is 19.4. The van der Waals surface area contributed by atoms with Crippen molar-refractivity contribution in [3.63, 3.8) is 0 Å². The molecule has 4 atom stereocenters. The van der Waals surface area contributed by atoms with Crippen LogP contribution in [0, 0.1) is 24.6 Å². The molecule has 0 saturated carbocycles. The number of amides is 1. The lowest BCUT2D eigenvalue weighted by Crippen LogP contribution is -2.64. The summed E-state index contributed by atoms with van der Waals surface area (Å²) in [7, 11) is 0. The first-order valence-corrected chi connectivity index (χ1v) is 11.4. The number of likely N-dealkylation sites (tertiary alicyclic amines) is 1. The first-order chi connectivity index (χ1) is 15.0. The largest absolute Gasteiger partial charge is 0.456 e. The van der Waals surface area contributed by atoms with Gasteiger partial charge >= 0.3 is 0 Å². The van der Waals surface area contributed by atoms with Gasteiger partial charge in [-0.25, -0.2) is 4.39 Å². The summed E-state index contributed by atoms with van der Waals surface area (Å²) >= 11 is 0. The maximum atomic E-state index is 13.8. The topological polar surface area (TPSA) is 53.8 Å². The highest BCUT2D eigenvalue weighted by molar-refractivity contribution is 5.91. The molecule has 4 heterocycles. The summed E-state index contributed by atoms with van der Waals surface area (Å²) in [6.45, 7) is 4.13. The maximum absolute atomic E-state index is 13.8. The number of hydrogen-bond donors (Lipinski definition) is 0. The Labute approximate surface area is 181 Å². The van der Waals surface area contributed by atoms with Crippen molar-refractivity contribution in [1.29, 1.82) is 0 Å². The monoisotopic (exact) mass is 424 g/mol. The fourth-order valence-electron chi connectivity index (χ4n) is 6.12. The molecular weight excluding hydrogens is 395 g/mol. The Morgan fingerprint density at radius 2 is 2.00 bits per heavy atom. The third-order valence-corrected chi connectivity index (χ3v) is 7.34. The number of rotatable bonds is 3. The Balaban J connectivity index is 1.43. The van der Waals surface area contributed by atoms with Gasteiger partial charge in [-0.15, -0.1) is 0 Å². The molecule has 3 aliphatic heterocycles. The van der Waals surface area contributed by atoms with E-state index < -0.39 is 0 Å². The molecule has 3 aliphatic rings. The van der Waals surface area contributed by atoms with Crippen LogP contribution in [0.25, 0.3) is 0 Å². The molecule has 0 spiro atoms. The molecule has 5 nitrogen and oxygen atoms in total. The summed E-state index contributed by atoms with van der Waals surface area (Å²) in [6, 6.07) is 10.4. The second-order valence-corrected chi connectivity index (χ2v) is 9.44. The molecule has 2 aromatic rings. The molecule has 6 heteroatoms. The number of aryl methyl sites for hydroxylation is 1. The van der Waals surface area contributed by atoms with E-state index >= 15 is 0 Å². The summed E-state index contributed by atoms with van der Waals surface area (Å²) in [5.74, 6) is 0.961. The molecule has 5 rings (SSSR count). The van der Waals surface area contributed by atoms with Crippen molar-refractivity contribution in [3.8, 4) is 0 Å². The standard InChI is InChI=1S/C25H29FN2O3/c1-16-9-21(29)13-24(31-16)25(30)27-14-18-12-19(15-27)23(28-8-3-2-7-22(18)28)11-17-5-4-6-20(26)10-17/h4-6,9-10,13,18-19,22-23H,2-3,7-8,11-12,14-15H2,1H3/t18-,19+,22+,23+/m1/s1. The van der Waals surface area contributed by atoms with Crippen LogP contribution in [0.2, 0.25) is 0 Å². The third kappa shape index (κ3) is 4.05. The minimum absolute atomic E-state index is 0.132. The molecule has 3 fully saturated rings. The Bertz CT molecular complexity index is 1040. The van der Waals surface area contributed by atoms with Gasteiger partial charge in [-0.05, 0) is 68.7 Å². The van der Waals surface area contributed by atoms with E-state index in [0.29, 0.717) is 42.8 Å². The minimum Gasteiger partial charge on any atom is -0.456 e. The van der Waals surface area contributed by atoms with Crippen molar-refractivity contribution in [1.82, 2.24) is 9.80 Å². The zero-order valence-electron chi connectivity index (χ0n) is 17.9. The number of carbonyl (C=O) groups excluding carboxylic acids is 1. The van der Waals surface area contributed by atoms with Crippen LogP contribution < -0.4 is 5.43 Å². The third-order valence-electron chi connectivity index (χ3n) is 7.34. The van der Waals surface area contributed by atoms with Gasteiger partial charge in [0.25, 0.3) is 5.91 Å². The molecule has 3 saturated heterocycles. The second-order valence-electron chi connectivity index (χ2n) is 9.44. The number of halogens is 1. The number of carbonyl (C=O) groups is 1. The predicted octanol–water partition coefficient (Wildman–Crippen LogP) is 3.65. The van der Waals surface area contributed by atoms with E-state index in [1.54, 1.807) is 19.1 Å². The maximum Gasteiger partial charge on any atom is 0.289 e. The van der Waals surface area contributed by atoms with Gasteiger partial charge in [0.15, 0.2) is 11.2 Å². The first kappa shape index (κ1) is 20.4. The SMILES string of the molecule is Cc1cc(=O)cc(C(=O)N2C[C@H]3C[C@@H](C2)[C@H](Cc2cccc(F)c2)N2CCCC[C@@H]32)o1. The van der Waals surface area contributed by atoms with Crippen molar-refractivity contribution in [2.24, 2.45) is 11.8 Å². The molecule has 31 heavy (non-hydrogen) atoms. The Morgan fingerprint density at radius 3 is 2.81 bits per heavy atom. The van der Waals surface area contributed by atoms with Gasteiger partial charge in [-0.2, -0.15) is 0 Å². The van der Waals surface area contributed by atoms with E-state index in [1.807, 2.05) is 11.0 Å². The highest BCUT2D eigenvalue weighted by atomic mass is 19.1. The fraction of sp³-hybridized carbons (Fsp3) is 0.520. The molecule has 1 amide bonds.